The largest absolute Gasteiger partial charge is 0.516 e. The van der Waals surface area contributed by atoms with Gasteiger partial charge in [-0.3, -0.25) is 0 Å². The molecule has 0 aromatic carbocycles. The molecule has 0 heterocycles. The molecule has 0 amide bonds. The van der Waals surface area contributed by atoms with Gasteiger partial charge in [0.25, 0.3) is 0 Å². The first-order chi connectivity index (χ1) is 6.79. The van der Waals surface area contributed by atoms with Crippen LogP contribution in [-0.4, -0.2) is 24.1 Å². The molecule has 0 aromatic heterocycles. The molecule has 0 saturated heterocycles. The lowest BCUT2D eigenvalue weighted by molar-refractivity contribution is -0.306. The number of rotatable bonds is 6. The number of hydrogen-bond donors (Lipinski definition) is 1. The van der Waals surface area contributed by atoms with Gasteiger partial charge in [-0.1, -0.05) is 0 Å². The lowest BCUT2D eigenvalue weighted by Gasteiger charge is -2.48. The summed E-state index contributed by atoms with van der Waals surface area (Å²) in [6, 6.07) is 0. The third-order valence-electron chi connectivity index (χ3n) is 2.77. The molecule has 14 heavy (non-hydrogen) atoms. The molecule has 82 valence electrons. The van der Waals surface area contributed by atoms with Gasteiger partial charge in [0, 0.05) is 25.6 Å². The molecule has 1 atom stereocenters. The molecule has 0 aliphatic heterocycles. The van der Waals surface area contributed by atoms with Crippen LogP contribution in [0.4, 0.5) is 0 Å². The minimum atomic E-state index is -0.372. The number of aliphatic hydroxyl groups is 1. The Hall–Kier alpha value is -0.540. The lowest BCUT2D eigenvalue weighted by Crippen LogP contribution is -2.51. The van der Waals surface area contributed by atoms with Gasteiger partial charge in [0.2, 0.25) is 0 Å². The van der Waals surface area contributed by atoms with E-state index in [1.54, 1.807) is 6.08 Å². The third kappa shape index (κ3) is 2.28. The normalized spacial score (nSPS) is 25.1. The number of hydrogen-bond acceptors (Lipinski definition) is 3. The summed E-state index contributed by atoms with van der Waals surface area (Å²) in [5.41, 5.74) is 0. The first-order valence-corrected chi connectivity index (χ1v) is 5.36. The Morgan fingerprint density at radius 3 is 2.36 bits per heavy atom. The van der Waals surface area contributed by atoms with Gasteiger partial charge in [-0.05, 0) is 32.8 Å². The highest BCUT2D eigenvalue weighted by atomic mass is 16.7. The first kappa shape index (κ1) is 11.5. The number of aliphatic hydroxyl groups excluding tert-OH is 1. The molecular weight excluding hydrogens is 180 g/mol. The van der Waals surface area contributed by atoms with E-state index in [0.717, 1.165) is 25.5 Å². The Labute approximate surface area is 85.7 Å². The van der Waals surface area contributed by atoms with Crippen molar-refractivity contribution in [3.05, 3.63) is 12.3 Å². The van der Waals surface area contributed by atoms with Crippen LogP contribution in [0.2, 0.25) is 0 Å². The van der Waals surface area contributed by atoms with E-state index in [4.69, 9.17) is 14.6 Å². The van der Waals surface area contributed by atoms with Crippen molar-refractivity contribution in [2.45, 2.75) is 38.9 Å². The van der Waals surface area contributed by atoms with E-state index in [0.29, 0.717) is 19.1 Å². The maximum Gasteiger partial charge on any atom is 0.171 e. The second-order valence-corrected chi connectivity index (χ2v) is 3.53. The van der Waals surface area contributed by atoms with Crippen molar-refractivity contribution in [1.82, 2.24) is 0 Å². The predicted molar refractivity (Wildman–Crippen MR) is 55.1 cm³/mol. The summed E-state index contributed by atoms with van der Waals surface area (Å²) in [6.45, 7) is 5.33. The van der Waals surface area contributed by atoms with Crippen LogP contribution in [0, 0.1) is 5.92 Å². The zero-order valence-corrected chi connectivity index (χ0v) is 9.03. The third-order valence-corrected chi connectivity index (χ3v) is 2.77. The van der Waals surface area contributed by atoms with E-state index in [1.165, 1.54) is 0 Å². The van der Waals surface area contributed by atoms with Gasteiger partial charge < -0.3 is 14.6 Å². The van der Waals surface area contributed by atoms with Crippen molar-refractivity contribution in [3.8, 4) is 0 Å². The van der Waals surface area contributed by atoms with Gasteiger partial charge in [-0.15, -0.1) is 0 Å². The molecule has 1 aliphatic carbocycles. The first-order valence-electron chi connectivity index (χ1n) is 5.36. The summed E-state index contributed by atoms with van der Waals surface area (Å²) >= 11 is 0. The van der Waals surface area contributed by atoms with Gasteiger partial charge in [0.05, 0.1) is 6.26 Å². The average Bonchev–Trinajstić information content (AvgIpc) is 2.16. The Morgan fingerprint density at radius 1 is 1.36 bits per heavy atom. The van der Waals surface area contributed by atoms with Gasteiger partial charge in [0.15, 0.2) is 5.79 Å². The monoisotopic (exact) mass is 200 g/mol. The zero-order chi connectivity index (χ0) is 10.4. The van der Waals surface area contributed by atoms with Crippen LogP contribution in [0.5, 0.6) is 0 Å². The van der Waals surface area contributed by atoms with E-state index < -0.39 is 0 Å². The van der Waals surface area contributed by atoms with Gasteiger partial charge in [0.1, 0.15) is 0 Å². The summed E-state index contributed by atoms with van der Waals surface area (Å²) in [7, 11) is 0. The molecule has 3 heteroatoms. The van der Waals surface area contributed by atoms with Crippen LogP contribution in [0.25, 0.3) is 0 Å². The van der Waals surface area contributed by atoms with Crippen LogP contribution in [0.15, 0.2) is 12.3 Å². The molecule has 1 aliphatic rings. The van der Waals surface area contributed by atoms with Crippen molar-refractivity contribution in [1.29, 1.82) is 0 Å². The average molecular weight is 200 g/mol. The van der Waals surface area contributed by atoms with Crippen LogP contribution >= 0.6 is 0 Å². The standard InChI is InChI=1S/C11H20O3/c1-3-13-11(14-4-2)8-7-10(11)6-5-9-12/h5,9-10,12H,3-4,6-8H2,1-2H3/b9-5+. The molecule has 1 saturated carbocycles. The minimum absolute atomic E-state index is 0.372. The highest BCUT2D eigenvalue weighted by molar-refractivity contribution is 4.94. The van der Waals surface area contributed by atoms with E-state index in [-0.39, 0.29) is 5.79 Å². The maximum absolute atomic E-state index is 8.60. The van der Waals surface area contributed by atoms with Crippen LogP contribution in [-0.2, 0) is 9.47 Å². The summed E-state index contributed by atoms with van der Waals surface area (Å²) < 4.78 is 11.4. The number of ether oxygens (including phenoxy) is 2. The van der Waals surface area contributed by atoms with Crippen molar-refractivity contribution in [3.63, 3.8) is 0 Å². The van der Waals surface area contributed by atoms with Gasteiger partial charge in [-0.25, -0.2) is 0 Å². The molecule has 0 spiro atoms. The van der Waals surface area contributed by atoms with Crippen LogP contribution in [0.1, 0.15) is 33.1 Å². The van der Waals surface area contributed by atoms with E-state index >= 15 is 0 Å². The summed E-state index contributed by atoms with van der Waals surface area (Å²) in [5, 5.41) is 8.60. The summed E-state index contributed by atoms with van der Waals surface area (Å²) in [4.78, 5) is 0. The van der Waals surface area contributed by atoms with Crippen molar-refractivity contribution in [2.75, 3.05) is 13.2 Å². The molecule has 1 unspecified atom stereocenters. The predicted octanol–water partition coefficient (Wildman–Crippen LogP) is 2.63. The maximum atomic E-state index is 8.60. The fourth-order valence-corrected chi connectivity index (χ4v) is 2.02. The summed E-state index contributed by atoms with van der Waals surface area (Å²) in [6.07, 6.45) is 5.77. The fourth-order valence-electron chi connectivity index (χ4n) is 2.02. The van der Waals surface area contributed by atoms with Crippen molar-refractivity contribution in [2.24, 2.45) is 5.92 Å². The topological polar surface area (TPSA) is 38.7 Å². The smallest absolute Gasteiger partial charge is 0.171 e. The SMILES string of the molecule is CCOC1(OCC)CCC1C/C=C/O. The number of allylic oxidation sites excluding steroid dienone is 1. The lowest BCUT2D eigenvalue weighted by atomic mass is 9.75. The second-order valence-electron chi connectivity index (χ2n) is 3.53. The fraction of sp³-hybridized carbons (Fsp3) is 0.818. The van der Waals surface area contributed by atoms with Crippen LogP contribution in [0.3, 0.4) is 0 Å². The highest BCUT2D eigenvalue weighted by Crippen LogP contribution is 2.44. The zero-order valence-electron chi connectivity index (χ0n) is 9.03. The Kier molecular flexibility index (Phi) is 4.42. The molecule has 3 nitrogen and oxygen atoms in total. The molecular formula is C11H20O3. The highest BCUT2D eigenvalue weighted by Gasteiger charge is 2.47. The van der Waals surface area contributed by atoms with E-state index in [2.05, 4.69) is 0 Å². The van der Waals surface area contributed by atoms with Gasteiger partial charge >= 0.3 is 0 Å². The minimum Gasteiger partial charge on any atom is -0.516 e. The Bertz CT molecular complexity index is 183. The van der Waals surface area contributed by atoms with Crippen LogP contribution < -0.4 is 0 Å². The quantitative estimate of drug-likeness (QED) is 0.529. The second kappa shape index (κ2) is 5.37. The molecule has 0 radical (unpaired) electrons. The molecule has 0 aromatic rings. The van der Waals surface area contributed by atoms with E-state index in [1.807, 2.05) is 13.8 Å². The Morgan fingerprint density at radius 2 is 2.00 bits per heavy atom. The van der Waals surface area contributed by atoms with Gasteiger partial charge in [-0.2, -0.15) is 0 Å². The molecule has 0 bridgehead atoms. The molecule has 1 N–H and O–H groups in total. The summed E-state index contributed by atoms with van der Waals surface area (Å²) in [5.74, 6) is 0.0222. The molecule has 1 fully saturated rings. The Balaban J connectivity index is 2.49. The van der Waals surface area contributed by atoms with E-state index in [9.17, 15) is 0 Å². The van der Waals surface area contributed by atoms with Crippen molar-refractivity contribution >= 4 is 0 Å². The molecule has 1 rings (SSSR count). The van der Waals surface area contributed by atoms with Crippen molar-refractivity contribution < 1.29 is 14.6 Å².